The SMILES string of the molecule is CCOc1ccn(O)c2ncc(C(=O)C(=O)N3CCN(C(=O)c4ccccc4)C[C@H]3C)c1-2. The molecule has 0 unspecified atom stereocenters. The number of amides is 2. The van der Waals surface area contributed by atoms with Crippen LogP contribution in [-0.2, 0) is 4.79 Å². The number of piperazine rings is 1. The van der Waals surface area contributed by atoms with Crippen LogP contribution in [-0.4, -0.2) is 74.6 Å². The van der Waals surface area contributed by atoms with Gasteiger partial charge in [-0.3, -0.25) is 14.4 Å². The van der Waals surface area contributed by atoms with Crippen molar-refractivity contribution in [2.45, 2.75) is 19.9 Å². The van der Waals surface area contributed by atoms with Crippen LogP contribution in [0.3, 0.4) is 0 Å². The summed E-state index contributed by atoms with van der Waals surface area (Å²) in [6.45, 7) is 4.86. The molecule has 1 saturated heterocycles. The van der Waals surface area contributed by atoms with Crippen molar-refractivity contribution in [2.24, 2.45) is 0 Å². The van der Waals surface area contributed by atoms with Crippen molar-refractivity contribution in [3.05, 3.63) is 59.9 Å². The van der Waals surface area contributed by atoms with E-state index in [-0.39, 0.29) is 29.9 Å². The number of carbonyl (C=O) groups excluding carboxylic acids is 3. The first kappa shape index (κ1) is 21.4. The molecule has 0 saturated carbocycles. The Kier molecular flexibility index (Phi) is 5.81. The summed E-state index contributed by atoms with van der Waals surface area (Å²) in [5.74, 6) is -0.995. The first-order chi connectivity index (χ1) is 15.4. The topological polar surface area (TPSA) is 105 Å². The zero-order chi connectivity index (χ0) is 22.8. The van der Waals surface area contributed by atoms with Crippen LogP contribution in [0.5, 0.6) is 5.75 Å². The second kappa shape index (κ2) is 8.70. The predicted octanol–water partition coefficient (Wildman–Crippen LogP) is 2.18. The smallest absolute Gasteiger partial charge is 0.295 e. The molecular formula is C23H24N4O5. The van der Waals surface area contributed by atoms with Crippen LogP contribution < -0.4 is 4.74 Å². The molecular weight excluding hydrogens is 412 g/mol. The average molecular weight is 436 g/mol. The molecule has 0 spiro atoms. The van der Waals surface area contributed by atoms with Gasteiger partial charge in [-0.1, -0.05) is 18.2 Å². The molecule has 166 valence electrons. The van der Waals surface area contributed by atoms with Gasteiger partial charge in [-0.2, -0.15) is 4.73 Å². The summed E-state index contributed by atoms with van der Waals surface area (Å²) in [5, 5.41) is 10.0. The highest BCUT2D eigenvalue weighted by Gasteiger charge is 2.36. The second-order valence-electron chi connectivity index (χ2n) is 7.62. The third kappa shape index (κ3) is 3.77. The van der Waals surface area contributed by atoms with Gasteiger partial charge < -0.3 is 19.7 Å². The van der Waals surface area contributed by atoms with E-state index in [1.807, 2.05) is 13.0 Å². The lowest BCUT2D eigenvalue weighted by molar-refractivity contribution is -0.130. The number of ether oxygens (including phenoxy) is 1. The van der Waals surface area contributed by atoms with Gasteiger partial charge in [0.1, 0.15) is 5.75 Å². The molecule has 0 aromatic heterocycles. The number of rotatable bonds is 5. The molecule has 3 heterocycles. The molecule has 0 bridgehead atoms. The number of ketones is 1. The first-order valence-corrected chi connectivity index (χ1v) is 10.4. The van der Waals surface area contributed by atoms with Gasteiger partial charge in [-0.15, -0.1) is 0 Å². The van der Waals surface area contributed by atoms with Crippen LogP contribution in [0.2, 0.25) is 0 Å². The molecule has 1 atom stereocenters. The molecule has 3 aliphatic heterocycles. The summed E-state index contributed by atoms with van der Waals surface area (Å²) in [6.07, 6.45) is 2.64. The highest BCUT2D eigenvalue weighted by atomic mass is 16.5. The number of nitrogens with zero attached hydrogens (tertiary/aromatic N) is 4. The highest BCUT2D eigenvalue weighted by Crippen LogP contribution is 2.35. The second-order valence-corrected chi connectivity index (χ2v) is 7.62. The normalized spacial score (nSPS) is 16.2. The summed E-state index contributed by atoms with van der Waals surface area (Å²) < 4.78 is 6.35. The van der Waals surface area contributed by atoms with E-state index >= 15 is 0 Å². The van der Waals surface area contributed by atoms with Gasteiger partial charge in [0.25, 0.3) is 17.6 Å². The minimum atomic E-state index is -0.727. The van der Waals surface area contributed by atoms with Crippen molar-refractivity contribution < 1.29 is 24.3 Å². The Balaban J connectivity index is 1.52. The van der Waals surface area contributed by atoms with Crippen LogP contribution in [0, 0.1) is 0 Å². The van der Waals surface area contributed by atoms with Gasteiger partial charge in [0, 0.05) is 49.7 Å². The monoisotopic (exact) mass is 436 g/mol. The van der Waals surface area contributed by atoms with Gasteiger partial charge >= 0.3 is 0 Å². The summed E-state index contributed by atoms with van der Waals surface area (Å²) in [5.41, 5.74) is 0.957. The van der Waals surface area contributed by atoms with Crippen LogP contribution >= 0.6 is 0 Å². The molecule has 32 heavy (non-hydrogen) atoms. The summed E-state index contributed by atoms with van der Waals surface area (Å²) >= 11 is 0. The minimum Gasteiger partial charge on any atom is -0.493 e. The van der Waals surface area contributed by atoms with Crippen molar-refractivity contribution in [1.82, 2.24) is 19.5 Å². The summed E-state index contributed by atoms with van der Waals surface area (Å²) in [4.78, 5) is 46.2. The third-order valence-electron chi connectivity index (χ3n) is 5.57. The third-order valence-corrected chi connectivity index (χ3v) is 5.57. The number of hydrogen-bond acceptors (Lipinski definition) is 6. The molecule has 2 amide bonds. The molecule has 1 aromatic carbocycles. The van der Waals surface area contributed by atoms with E-state index in [1.54, 1.807) is 36.1 Å². The van der Waals surface area contributed by atoms with Crippen molar-refractivity contribution in [2.75, 3.05) is 26.2 Å². The molecule has 1 N–H and O–H groups in total. The van der Waals surface area contributed by atoms with Gasteiger partial charge in [-0.05, 0) is 26.0 Å². The van der Waals surface area contributed by atoms with Gasteiger partial charge in [-0.25, -0.2) is 4.98 Å². The first-order valence-electron chi connectivity index (χ1n) is 10.4. The minimum absolute atomic E-state index is 0.0758. The summed E-state index contributed by atoms with van der Waals surface area (Å²) in [6, 6.07) is 10.1. The van der Waals surface area contributed by atoms with Crippen molar-refractivity contribution >= 4 is 17.6 Å². The number of fused-ring (bicyclic) bond motifs is 1. The average Bonchev–Trinajstić information content (AvgIpc) is 3.26. The predicted molar refractivity (Wildman–Crippen MR) is 115 cm³/mol. The van der Waals surface area contributed by atoms with Gasteiger partial charge in [0.05, 0.1) is 17.7 Å². The molecule has 1 fully saturated rings. The Morgan fingerprint density at radius 1 is 1.16 bits per heavy atom. The molecule has 0 aliphatic carbocycles. The zero-order valence-corrected chi connectivity index (χ0v) is 17.9. The lowest BCUT2D eigenvalue weighted by Crippen LogP contribution is -2.56. The Bertz CT molecular complexity index is 1130. The standard InChI is InChI=1S/C23H24N4O5/c1-3-32-18-9-10-27(31)21-19(18)17(13-24-21)20(28)23(30)26-12-11-25(14-15(26)2)22(29)16-7-5-4-6-8-16/h4-10,13,15,31H,3,11-12,14H2,1-2H3/t15-/m1/s1. The largest absolute Gasteiger partial charge is 0.493 e. The maximum Gasteiger partial charge on any atom is 0.295 e. The number of aromatic nitrogens is 2. The van der Waals surface area contributed by atoms with Crippen LogP contribution in [0.4, 0.5) is 0 Å². The Hall–Kier alpha value is -3.88. The molecule has 3 aliphatic rings. The molecule has 1 aromatic rings. The number of hydrogen-bond donors (Lipinski definition) is 1. The Morgan fingerprint density at radius 3 is 2.59 bits per heavy atom. The maximum absolute atomic E-state index is 13.1. The number of pyridine rings is 1. The van der Waals surface area contributed by atoms with Crippen LogP contribution in [0.25, 0.3) is 11.4 Å². The van der Waals surface area contributed by atoms with E-state index in [9.17, 15) is 19.6 Å². The van der Waals surface area contributed by atoms with Crippen molar-refractivity contribution in [1.29, 1.82) is 0 Å². The molecule has 9 heteroatoms. The lowest BCUT2D eigenvalue weighted by Gasteiger charge is -2.39. The van der Waals surface area contributed by atoms with Crippen molar-refractivity contribution in [3.63, 3.8) is 0 Å². The van der Waals surface area contributed by atoms with E-state index in [0.29, 0.717) is 36.6 Å². The van der Waals surface area contributed by atoms with E-state index < -0.39 is 11.7 Å². The zero-order valence-electron chi connectivity index (χ0n) is 17.9. The Morgan fingerprint density at radius 2 is 1.91 bits per heavy atom. The maximum atomic E-state index is 13.1. The molecule has 4 rings (SSSR count). The molecule has 9 nitrogen and oxygen atoms in total. The van der Waals surface area contributed by atoms with Crippen molar-refractivity contribution in [3.8, 4) is 17.1 Å². The fraction of sp³-hybridized carbons (Fsp3) is 0.304. The fourth-order valence-electron chi connectivity index (χ4n) is 3.98. The quantitative estimate of drug-likeness (QED) is 0.373. The van der Waals surface area contributed by atoms with E-state index in [1.165, 1.54) is 23.4 Å². The van der Waals surface area contributed by atoms with Gasteiger partial charge in [0.2, 0.25) is 0 Å². The number of benzene rings is 1. The summed E-state index contributed by atoms with van der Waals surface area (Å²) in [7, 11) is 0. The lowest BCUT2D eigenvalue weighted by atomic mass is 10.0. The van der Waals surface area contributed by atoms with E-state index in [2.05, 4.69) is 4.98 Å². The highest BCUT2D eigenvalue weighted by molar-refractivity contribution is 6.44. The number of Topliss-reactive ketones (excluding diaryl/α,β-unsaturated/α-hetero) is 1. The van der Waals surface area contributed by atoms with Crippen LogP contribution in [0.15, 0.2) is 48.8 Å². The van der Waals surface area contributed by atoms with Crippen LogP contribution in [0.1, 0.15) is 34.6 Å². The van der Waals surface area contributed by atoms with Gasteiger partial charge in [0.15, 0.2) is 5.82 Å². The Labute approximate surface area is 185 Å². The van der Waals surface area contributed by atoms with E-state index in [4.69, 9.17) is 4.74 Å². The number of carbonyl (C=O) groups is 3. The van der Waals surface area contributed by atoms with E-state index in [0.717, 1.165) is 4.73 Å². The molecule has 0 radical (unpaired) electrons. The fourth-order valence-corrected chi connectivity index (χ4v) is 3.98.